The second-order valence-electron chi connectivity index (χ2n) is 3.69. The minimum Gasteiger partial charge on any atom is -0.497 e. The Morgan fingerprint density at radius 1 is 1.29 bits per heavy atom. The van der Waals surface area contributed by atoms with E-state index in [0.29, 0.717) is 5.92 Å². The Kier molecular flexibility index (Phi) is 2.48. The van der Waals surface area contributed by atoms with Crippen molar-refractivity contribution in [2.75, 3.05) is 7.11 Å². The fraction of sp³-hybridized carbons (Fsp3) is 0.400. The smallest absolute Gasteiger partial charge is 0.455 e. The third-order valence-electron chi connectivity index (χ3n) is 2.77. The highest BCUT2D eigenvalue weighted by atomic mass is 16.5. The van der Waals surface area contributed by atoms with Gasteiger partial charge in [-0.15, -0.1) is 0 Å². The van der Waals surface area contributed by atoms with Gasteiger partial charge in [0.05, 0.1) is 7.11 Å². The van der Waals surface area contributed by atoms with Crippen molar-refractivity contribution >= 4 is 7.12 Å². The Morgan fingerprint density at radius 2 is 1.93 bits per heavy atom. The normalized spacial score (nSPS) is 24.5. The van der Waals surface area contributed by atoms with E-state index in [9.17, 15) is 0 Å². The molecule has 0 aliphatic heterocycles. The first-order valence-corrected chi connectivity index (χ1v) is 4.72. The first-order chi connectivity index (χ1) is 6.72. The number of hydrogen-bond acceptors (Lipinski definition) is 3. The molecule has 2 rings (SSSR count). The molecule has 14 heavy (non-hydrogen) atoms. The average Bonchev–Trinajstić information content (AvgIpc) is 2.97. The lowest BCUT2D eigenvalue weighted by Gasteiger charge is -2.02. The van der Waals surface area contributed by atoms with Crippen LogP contribution in [0, 0.1) is 0 Å². The Hall–Kier alpha value is -0.995. The summed E-state index contributed by atoms with van der Waals surface area (Å²) >= 11 is 0. The van der Waals surface area contributed by atoms with Crippen LogP contribution in [0.5, 0.6) is 5.75 Å². The Bertz CT molecular complexity index is 310. The van der Waals surface area contributed by atoms with Gasteiger partial charge in [0.15, 0.2) is 0 Å². The van der Waals surface area contributed by atoms with Crippen LogP contribution in [-0.4, -0.2) is 24.3 Å². The molecule has 1 aliphatic carbocycles. The number of rotatable bonds is 3. The van der Waals surface area contributed by atoms with Gasteiger partial charge in [0.1, 0.15) is 5.75 Å². The van der Waals surface area contributed by atoms with Gasteiger partial charge >= 0.3 is 7.12 Å². The summed E-state index contributed by atoms with van der Waals surface area (Å²) < 4.78 is 5.04. The summed E-state index contributed by atoms with van der Waals surface area (Å²) in [6, 6.07) is 7.75. The monoisotopic (exact) mass is 192 g/mol. The average molecular weight is 192 g/mol. The van der Waals surface area contributed by atoms with Gasteiger partial charge < -0.3 is 14.8 Å². The molecule has 0 bridgehead atoms. The van der Waals surface area contributed by atoms with Crippen molar-refractivity contribution in [2.45, 2.75) is 18.2 Å². The molecule has 1 fully saturated rings. The van der Waals surface area contributed by atoms with Gasteiger partial charge in [-0.2, -0.15) is 0 Å². The van der Waals surface area contributed by atoms with Crippen LogP contribution in [0.1, 0.15) is 17.9 Å². The van der Waals surface area contributed by atoms with Crippen LogP contribution < -0.4 is 4.74 Å². The molecule has 0 radical (unpaired) electrons. The summed E-state index contributed by atoms with van der Waals surface area (Å²) in [7, 11) is 0.453. The summed E-state index contributed by atoms with van der Waals surface area (Å²) in [6.45, 7) is 0. The highest BCUT2D eigenvalue weighted by molar-refractivity contribution is 6.44. The molecular weight excluding hydrogens is 179 g/mol. The number of ether oxygens (including phenoxy) is 1. The molecule has 0 aromatic heterocycles. The van der Waals surface area contributed by atoms with Crippen LogP contribution in [-0.2, 0) is 0 Å². The maximum Gasteiger partial charge on any atom is 0.455 e. The van der Waals surface area contributed by atoms with Crippen molar-refractivity contribution in [3.8, 4) is 5.75 Å². The quantitative estimate of drug-likeness (QED) is 0.703. The summed E-state index contributed by atoms with van der Waals surface area (Å²) in [6.07, 6.45) is 0.865. The van der Waals surface area contributed by atoms with Crippen LogP contribution in [0.3, 0.4) is 0 Å². The second kappa shape index (κ2) is 3.63. The minimum absolute atomic E-state index is 0.0170. The number of benzene rings is 1. The second-order valence-corrected chi connectivity index (χ2v) is 3.69. The van der Waals surface area contributed by atoms with Crippen LogP contribution in [0.4, 0.5) is 0 Å². The topological polar surface area (TPSA) is 49.7 Å². The molecule has 1 aromatic rings. The molecule has 0 heterocycles. The van der Waals surface area contributed by atoms with Gasteiger partial charge in [0.25, 0.3) is 0 Å². The third-order valence-corrected chi connectivity index (χ3v) is 2.77. The molecule has 1 aliphatic rings. The van der Waals surface area contributed by atoms with Gasteiger partial charge in [-0.25, -0.2) is 0 Å². The molecule has 0 amide bonds. The molecule has 0 saturated heterocycles. The van der Waals surface area contributed by atoms with E-state index in [0.717, 1.165) is 17.7 Å². The summed E-state index contributed by atoms with van der Waals surface area (Å²) in [4.78, 5) is 0. The molecule has 2 atom stereocenters. The summed E-state index contributed by atoms with van der Waals surface area (Å²) in [5.41, 5.74) is 1.16. The van der Waals surface area contributed by atoms with E-state index < -0.39 is 7.12 Å². The zero-order chi connectivity index (χ0) is 10.1. The highest BCUT2D eigenvalue weighted by Gasteiger charge is 2.46. The lowest BCUT2D eigenvalue weighted by Crippen LogP contribution is -2.11. The van der Waals surface area contributed by atoms with E-state index in [1.54, 1.807) is 7.11 Å². The largest absolute Gasteiger partial charge is 0.497 e. The van der Waals surface area contributed by atoms with Crippen LogP contribution in [0.15, 0.2) is 24.3 Å². The molecule has 1 aromatic carbocycles. The van der Waals surface area contributed by atoms with Gasteiger partial charge in [0.2, 0.25) is 0 Å². The highest BCUT2D eigenvalue weighted by Crippen LogP contribution is 2.53. The molecule has 2 N–H and O–H groups in total. The lowest BCUT2D eigenvalue weighted by atomic mass is 9.81. The Balaban J connectivity index is 2.05. The Morgan fingerprint density at radius 3 is 2.36 bits per heavy atom. The van der Waals surface area contributed by atoms with E-state index >= 15 is 0 Å². The van der Waals surface area contributed by atoms with Crippen LogP contribution >= 0.6 is 0 Å². The summed E-state index contributed by atoms with van der Waals surface area (Å²) in [5, 5.41) is 17.9. The van der Waals surface area contributed by atoms with Gasteiger partial charge in [-0.1, -0.05) is 12.1 Å². The number of hydrogen-bond donors (Lipinski definition) is 2. The molecular formula is C10H13BO3. The SMILES string of the molecule is COc1ccc([C@@H]2C[C@H]2B(O)O)cc1. The van der Waals surface area contributed by atoms with E-state index in [4.69, 9.17) is 14.8 Å². The zero-order valence-corrected chi connectivity index (χ0v) is 8.05. The summed E-state index contributed by atoms with van der Waals surface area (Å²) in [5.74, 6) is 1.15. The molecule has 3 nitrogen and oxygen atoms in total. The predicted octanol–water partition coefficient (Wildman–Crippen LogP) is 1.03. The fourth-order valence-electron chi connectivity index (χ4n) is 1.78. The van der Waals surface area contributed by atoms with Gasteiger partial charge in [-0.05, 0) is 30.0 Å². The molecule has 0 spiro atoms. The number of methoxy groups -OCH3 is 1. The maximum atomic E-state index is 8.96. The van der Waals surface area contributed by atoms with E-state index in [1.165, 1.54) is 0 Å². The molecule has 4 heteroatoms. The fourth-order valence-corrected chi connectivity index (χ4v) is 1.78. The van der Waals surface area contributed by atoms with E-state index in [1.807, 2.05) is 24.3 Å². The van der Waals surface area contributed by atoms with Gasteiger partial charge in [-0.3, -0.25) is 0 Å². The lowest BCUT2D eigenvalue weighted by molar-refractivity contribution is 0.402. The van der Waals surface area contributed by atoms with Crippen molar-refractivity contribution in [1.82, 2.24) is 0 Å². The molecule has 1 saturated carbocycles. The van der Waals surface area contributed by atoms with Crippen LogP contribution in [0.2, 0.25) is 5.82 Å². The van der Waals surface area contributed by atoms with Crippen molar-refractivity contribution in [2.24, 2.45) is 0 Å². The standard InChI is InChI=1S/C10H13BO3/c1-14-8-4-2-7(3-5-8)9-6-10(9)11(12)13/h2-5,9-10,12-13H,6H2,1H3/t9-,10+/m0/s1. The first kappa shape index (κ1) is 9.56. The van der Waals surface area contributed by atoms with Crippen LogP contribution in [0.25, 0.3) is 0 Å². The van der Waals surface area contributed by atoms with Crippen molar-refractivity contribution in [3.05, 3.63) is 29.8 Å². The van der Waals surface area contributed by atoms with Gasteiger partial charge in [0, 0.05) is 5.82 Å². The molecule has 0 unspecified atom stereocenters. The predicted molar refractivity (Wildman–Crippen MR) is 54.3 cm³/mol. The van der Waals surface area contributed by atoms with Crippen molar-refractivity contribution < 1.29 is 14.8 Å². The minimum atomic E-state index is -1.18. The third kappa shape index (κ3) is 1.76. The van der Waals surface area contributed by atoms with Crippen molar-refractivity contribution in [3.63, 3.8) is 0 Å². The zero-order valence-electron chi connectivity index (χ0n) is 8.05. The van der Waals surface area contributed by atoms with Crippen molar-refractivity contribution in [1.29, 1.82) is 0 Å². The maximum absolute atomic E-state index is 8.96. The van der Waals surface area contributed by atoms with E-state index in [2.05, 4.69) is 0 Å². The molecule has 74 valence electrons. The van der Waals surface area contributed by atoms with E-state index in [-0.39, 0.29) is 5.82 Å². The first-order valence-electron chi connectivity index (χ1n) is 4.72. The Labute approximate surface area is 83.5 Å².